The lowest BCUT2D eigenvalue weighted by molar-refractivity contribution is -0.178. The van der Waals surface area contributed by atoms with Gasteiger partial charge in [0.05, 0.1) is 11.8 Å². The molecule has 170 valence electrons. The van der Waals surface area contributed by atoms with E-state index in [1.165, 1.54) is 0 Å². The first-order chi connectivity index (χ1) is 15.3. The minimum absolute atomic E-state index is 0.610. The van der Waals surface area contributed by atoms with Gasteiger partial charge < -0.3 is 20.1 Å². The monoisotopic (exact) mass is 440 g/mol. The van der Waals surface area contributed by atoms with Crippen LogP contribution in [0.4, 0.5) is 0 Å². The molecule has 2 atom stereocenters. The van der Waals surface area contributed by atoms with Gasteiger partial charge in [-0.3, -0.25) is 9.59 Å². The molecule has 8 heteroatoms. The Kier molecular flexibility index (Phi) is 9.24. The molecule has 32 heavy (non-hydrogen) atoms. The maximum atomic E-state index is 12.3. The Morgan fingerprint density at radius 2 is 1.09 bits per heavy atom. The Labute approximate surface area is 187 Å². The first-order valence-electron chi connectivity index (χ1n) is 10.2. The van der Waals surface area contributed by atoms with Gasteiger partial charge in [-0.25, -0.2) is 9.59 Å². The molecule has 0 aliphatic heterocycles. The van der Waals surface area contributed by atoms with Crippen molar-refractivity contribution in [3.05, 3.63) is 70.8 Å². The number of esters is 4. The van der Waals surface area contributed by atoms with Gasteiger partial charge in [0, 0.05) is 13.1 Å². The van der Waals surface area contributed by atoms with Crippen molar-refractivity contribution < 1.29 is 28.7 Å². The number of ether oxygens (including phenoxy) is 2. The third-order valence-electron chi connectivity index (χ3n) is 4.92. The Morgan fingerprint density at radius 1 is 0.719 bits per heavy atom. The molecule has 0 heterocycles. The summed E-state index contributed by atoms with van der Waals surface area (Å²) in [6, 6.07) is 14.4. The summed E-state index contributed by atoms with van der Waals surface area (Å²) in [5, 5.41) is 6.02. The normalized spacial score (nSPS) is 12.5. The maximum absolute atomic E-state index is 12.3. The van der Waals surface area contributed by atoms with E-state index in [1.807, 2.05) is 12.1 Å². The van der Waals surface area contributed by atoms with E-state index in [9.17, 15) is 19.2 Å². The van der Waals surface area contributed by atoms with Gasteiger partial charge in [0.15, 0.2) is 0 Å². The summed E-state index contributed by atoms with van der Waals surface area (Å²) in [4.78, 5) is 48.6. The van der Waals surface area contributed by atoms with E-state index in [0.717, 1.165) is 11.1 Å². The predicted molar refractivity (Wildman–Crippen MR) is 117 cm³/mol. The van der Waals surface area contributed by atoms with Crippen LogP contribution in [-0.4, -0.2) is 38.0 Å². The van der Waals surface area contributed by atoms with Crippen LogP contribution in [0.25, 0.3) is 0 Å². The first-order valence-corrected chi connectivity index (χ1v) is 10.2. The van der Waals surface area contributed by atoms with Crippen molar-refractivity contribution in [2.75, 3.05) is 14.1 Å². The Balaban J connectivity index is 1.96. The third kappa shape index (κ3) is 6.83. The van der Waals surface area contributed by atoms with Crippen LogP contribution >= 0.6 is 0 Å². The van der Waals surface area contributed by atoms with Gasteiger partial charge in [-0.05, 0) is 50.2 Å². The highest BCUT2D eigenvalue weighted by Crippen LogP contribution is 2.20. The van der Waals surface area contributed by atoms with Crippen LogP contribution < -0.4 is 10.6 Å². The molecule has 0 radical (unpaired) electrons. The number of rotatable bonds is 8. The van der Waals surface area contributed by atoms with E-state index in [0.29, 0.717) is 24.2 Å². The topological polar surface area (TPSA) is 111 Å². The van der Waals surface area contributed by atoms with Crippen molar-refractivity contribution >= 4 is 23.9 Å². The molecular formula is C24H28N2O6. The zero-order valence-corrected chi connectivity index (χ0v) is 18.6. The molecule has 0 saturated carbocycles. The van der Waals surface area contributed by atoms with Gasteiger partial charge in [-0.2, -0.15) is 0 Å². The Hall–Kier alpha value is -3.36. The zero-order chi connectivity index (χ0) is 23.7. The lowest BCUT2D eigenvalue weighted by atomic mass is 9.99. The molecule has 2 aromatic carbocycles. The summed E-state index contributed by atoms with van der Waals surface area (Å²) in [6.45, 7) is 4.34. The molecule has 2 rings (SSSR count). The van der Waals surface area contributed by atoms with Gasteiger partial charge in [0.25, 0.3) is 0 Å². The van der Waals surface area contributed by atoms with Gasteiger partial charge in [0.1, 0.15) is 0 Å². The summed E-state index contributed by atoms with van der Waals surface area (Å²) >= 11 is 0. The van der Waals surface area contributed by atoms with E-state index in [4.69, 9.17) is 0 Å². The summed E-state index contributed by atoms with van der Waals surface area (Å²) in [6.07, 6.45) is 0. The van der Waals surface area contributed by atoms with Gasteiger partial charge in [-0.15, -0.1) is 0 Å². The summed E-state index contributed by atoms with van der Waals surface area (Å²) in [7, 11) is 3.60. The van der Waals surface area contributed by atoms with E-state index in [-0.39, 0.29) is 0 Å². The van der Waals surface area contributed by atoms with E-state index >= 15 is 0 Å². The standard InChI is InChI=1S/C24H28N2O6/c1-15(19-9-5-7-17(11-19)13-25-3)21(27)31-23(29)24(30)32-22(28)16(2)20-10-6-8-18(12-20)14-26-4/h5-12,15-16,25-26H,13-14H2,1-4H3. The third-order valence-corrected chi connectivity index (χ3v) is 4.92. The van der Waals surface area contributed by atoms with Crippen molar-refractivity contribution in [1.29, 1.82) is 0 Å². The van der Waals surface area contributed by atoms with Crippen molar-refractivity contribution in [3.63, 3.8) is 0 Å². The van der Waals surface area contributed by atoms with Crippen LogP contribution in [0.5, 0.6) is 0 Å². The molecule has 0 saturated heterocycles. The fraction of sp³-hybridized carbons (Fsp3) is 0.333. The predicted octanol–water partition coefficient (Wildman–Crippen LogP) is 2.17. The van der Waals surface area contributed by atoms with Crippen LogP contribution in [0.3, 0.4) is 0 Å². The quantitative estimate of drug-likeness (QED) is 0.365. The Bertz CT molecular complexity index is 908. The average molecular weight is 440 g/mol. The SMILES string of the molecule is CNCc1cccc(C(C)C(=O)OC(=O)C(=O)OC(=O)C(C)c2cccc(CNC)c2)c1. The second-order valence-corrected chi connectivity index (χ2v) is 7.41. The highest BCUT2D eigenvalue weighted by atomic mass is 16.6. The van der Waals surface area contributed by atoms with Crippen molar-refractivity contribution in [2.24, 2.45) is 0 Å². The van der Waals surface area contributed by atoms with E-state index < -0.39 is 35.7 Å². The summed E-state index contributed by atoms with van der Waals surface area (Å²) in [5.74, 6) is -6.45. The molecule has 0 amide bonds. The van der Waals surface area contributed by atoms with Crippen molar-refractivity contribution in [3.8, 4) is 0 Å². The van der Waals surface area contributed by atoms with Gasteiger partial charge in [-0.1, -0.05) is 48.5 Å². The number of benzene rings is 2. The molecule has 0 spiro atoms. The second-order valence-electron chi connectivity index (χ2n) is 7.41. The summed E-state index contributed by atoms with van der Waals surface area (Å²) in [5.41, 5.74) is 3.17. The fourth-order valence-electron chi connectivity index (χ4n) is 3.07. The molecular weight excluding hydrogens is 412 g/mol. The van der Waals surface area contributed by atoms with Crippen LogP contribution in [0, 0.1) is 0 Å². The second kappa shape index (κ2) is 11.9. The highest BCUT2D eigenvalue weighted by molar-refractivity contribution is 6.33. The fourth-order valence-corrected chi connectivity index (χ4v) is 3.07. The molecule has 2 N–H and O–H groups in total. The largest absolute Gasteiger partial charge is 0.425 e. The lowest BCUT2D eigenvalue weighted by Gasteiger charge is -2.13. The molecule has 8 nitrogen and oxygen atoms in total. The van der Waals surface area contributed by atoms with Crippen molar-refractivity contribution in [1.82, 2.24) is 10.6 Å². The Morgan fingerprint density at radius 3 is 1.44 bits per heavy atom. The molecule has 0 aromatic heterocycles. The minimum Gasteiger partial charge on any atom is -0.384 e. The van der Waals surface area contributed by atoms with Crippen LogP contribution in [0.2, 0.25) is 0 Å². The lowest BCUT2D eigenvalue weighted by Crippen LogP contribution is -2.29. The molecule has 2 aromatic rings. The van der Waals surface area contributed by atoms with E-state index in [2.05, 4.69) is 20.1 Å². The maximum Gasteiger partial charge on any atom is 0.425 e. The molecule has 2 unspecified atom stereocenters. The molecule has 0 aliphatic rings. The van der Waals surface area contributed by atoms with Gasteiger partial charge in [0.2, 0.25) is 0 Å². The number of nitrogens with one attached hydrogen (secondary N) is 2. The minimum atomic E-state index is -1.53. The highest BCUT2D eigenvalue weighted by Gasteiger charge is 2.29. The number of carbonyl (C=O) groups excluding carboxylic acids is 4. The number of carbonyl (C=O) groups is 4. The van der Waals surface area contributed by atoms with E-state index in [1.54, 1.807) is 64.3 Å². The zero-order valence-electron chi connectivity index (χ0n) is 18.6. The summed E-state index contributed by atoms with van der Waals surface area (Å²) < 4.78 is 9.27. The average Bonchev–Trinajstić information content (AvgIpc) is 2.78. The molecule has 0 aliphatic carbocycles. The van der Waals surface area contributed by atoms with Crippen LogP contribution in [0.15, 0.2) is 48.5 Å². The smallest absolute Gasteiger partial charge is 0.384 e. The van der Waals surface area contributed by atoms with Gasteiger partial charge >= 0.3 is 23.9 Å². The number of hydrogen-bond acceptors (Lipinski definition) is 8. The molecule has 0 fully saturated rings. The molecule has 0 bridgehead atoms. The number of hydrogen-bond donors (Lipinski definition) is 2. The first kappa shape index (κ1) is 24.9. The van der Waals surface area contributed by atoms with Crippen molar-refractivity contribution in [2.45, 2.75) is 38.8 Å². The van der Waals surface area contributed by atoms with Crippen LogP contribution in [-0.2, 0) is 41.7 Å². The van der Waals surface area contributed by atoms with Crippen LogP contribution in [0.1, 0.15) is 47.9 Å².